The van der Waals surface area contributed by atoms with Crippen LogP contribution >= 0.6 is 0 Å². The van der Waals surface area contributed by atoms with Crippen molar-refractivity contribution in [1.29, 1.82) is 0 Å². The van der Waals surface area contributed by atoms with Crippen molar-refractivity contribution in [2.45, 2.75) is 6.23 Å². The van der Waals surface area contributed by atoms with Gasteiger partial charge >= 0.3 is 0 Å². The van der Waals surface area contributed by atoms with Gasteiger partial charge < -0.3 is 10.0 Å². The van der Waals surface area contributed by atoms with Gasteiger partial charge in [0.2, 0.25) is 0 Å². The topological polar surface area (TPSA) is 23.5 Å². The highest BCUT2D eigenvalue weighted by Gasteiger charge is 2.15. The summed E-state index contributed by atoms with van der Waals surface area (Å²) in [5, 5.41) is 9.48. The average Bonchev–Trinajstić information content (AvgIpc) is 2.53. The number of anilines is 1. The fourth-order valence-electron chi connectivity index (χ4n) is 1.39. The van der Waals surface area contributed by atoms with Crippen LogP contribution in [0, 0.1) is 0 Å². The summed E-state index contributed by atoms with van der Waals surface area (Å²) in [5.74, 6) is 0. The summed E-state index contributed by atoms with van der Waals surface area (Å²) in [6.45, 7) is 0.797. The standard InChI is InChI=1S/C10H11NO/c12-10-7-4-8-11(10)9-5-2-1-3-6-9/h1-7,10,12H,8H2. The fraction of sp³-hybridized carbons (Fsp3) is 0.200. The molecular weight excluding hydrogens is 150 g/mol. The van der Waals surface area contributed by atoms with Gasteiger partial charge in [0, 0.05) is 12.2 Å². The van der Waals surface area contributed by atoms with E-state index in [0.717, 1.165) is 12.2 Å². The molecular formula is C10H11NO. The Kier molecular flexibility index (Phi) is 1.84. The summed E-state index contributed by atoms with van der Waals surface area (Å²) in [5.41, 5.74) is 1.06. The second kappa shape index (κ2) is 2.99. The highest BCUT2D eigenvalue weighted by Crippen LogP contribution is 2.18. The predicted molar refractivity (Wildman–Crippen MR) is 48.9 cm³/mol. The van der Waals surface area contributed by atoms with Crippen molar-refractivity contribution in [1.82, 2.24) is 0 Å². The van der Waals surface area contributed by atoms with E-state index in [0.29, 0.717) is 0 Å². The molecule has 2 nitrogen and oxygen atoms in total. The molecule has 0 aliphatic carbocycles. The Bertz CT molecular complexity index is 281. The summed E-state index contributed by atoms with van der Waals surface area (Å²) in [6.07, 6.45) is 3.32. The minimum atomic E-state index is -0.451. The zero-order valence-electron chi connectivity index (χ0n) is 6.72. The quantitative estimate of drug-likeness (QED) is 0.629. The third-order valence-electron chi connectivity index (χ3n) is 2.02. The van der Waals surface area contributed by atoms with Crippen molar-refractivity contribution in [2.24, 2.45) is 0 Å². The van der Waals surface area contributed by atoms with Crippen molar-refractivity contribution >= 4 is 5.69 Å². The van der Waals surface area contributed by atoms with Gasteiger partial charge in [0.25, 0.3) is 0 Å². The lowest BCUT2D eigenvalue weighted by molar-refractivity contribution is 0.227. The molecule has 1 aliphatic heterocycles. The van der Waals surface area contributed by atoms with Crippen LogP contribution in [-0.4, -0.2) is 17.9 Å². The Labute approximate surface area is 71.7 Å². The summed E-state index contributed by atoms with van der Waals surface area (Å²) in [4.78, 5) is 1.93. The number of para-hydroxylation sites is 1. The highest BCUT2D eigenvalue weighted by molar-refractivity contribution is 5.49. The Morgan fingerprint density at radius 2 is 2.00 bits per heavy atom. The van der Waals surface area contributed by atoms with Crippen LogP contribution in [-0.2, 0) is 0 Å². The second-order valence-electron chi connectivity index (χ2n) is 2.83. The molecule has 0 radical (unpaired) electrons. The van der Waals surface area contributed by atoms with Gasteiger partial charge in [0.15, 0.2) is 0 Å². The van der Waals surface area contributed by atoms with Gasteiger partial charge in [-0.15, -0.1) is 0 Å². The first-order chi connectivity index (χ1) is 5.88. The lowest BCUT2D eigenvalue weighted by Crippen LogP contribution is -2.28. The van der Waals surface area contributed by atoms with Crippen LogP contribution in [0.25, 0.3) is 0 Å². The second-order valence-corrected chi connectivity index (χ2v) is 2.83. The molecule has 1 aliphatic rings. The number of aliphatic hydroxyl groups excluding tert-OH is 1. The molecule has 62 valence electrons. The zero-order chi connectivity index (χ0) is 8.39. The largest absolute Gasteiger partial charge is 0.370 e. The first-order valence-corrected chi connectivity index (χ1v) is 4.04. The highest BCUT2D eigenvalue weighted by atomic mass is 16.3. The maximum atomic E-state index is 9.48. The maximum Gasteiger partial charge on any atom is 0.146 e. The Morgan fingerprint density at radius 1 is 1.25 bits per heavy atom. The number of hydrogen-bond acceptors (Lipinski definition) is 2. The lowest BCUT2D eigenvalue weighted by atomic mass is 10.3. The molecule has 12 heavy (non-hydrogen) atoms. The van der Waals surface area contributed by atoms with E-state index < -0.39 is 6.23 Å². The first kappa shape index (κ1) is 7.37. The van der Waals surface area contributed by atoms with E-state index in [1.807, 2.05) is 41.3 Å². The first-order valence-electron chi connectivity index (χ1n) is 4.04. The molecule has 0 saturated carbocycles. The third kappa shape index (κ3) is 1.21. The minimum Gasteiger partial charge on any atom is -0.370 e. The molecule has 1 heterocycles. The minimum absolute atomic E-state index is 0.451. The van der Waals surface area contributed by atoms with E-state index in [2.05, 4.69) is 0 Å². The average molecular weight is 161 g/mol. The van der Waals surface area contributed by atoms with Crippen LogP contribution in [0.15, 0.2) is 42.5 Å². The van der Waals surface area contributed by atoms with Crippen LogP contribution in [0.4, 0.5) is 5.69 Å². The van der Waals surface area contributed by atoms with Gasteiger partial charge in [-0.2, -0.15) is 0 Å². The molecule has 1 aromatic rings. The van der Waals surface area contributed by atoms with Crippen LogP contribution in [0.5, 0.6) is 0 Å². The van der Waals surface area contributed by atoms with Gasteiger partial charge in [0.05, 0.1) is 0 Å². The van der Waals surface area contributed by atoms with E-state index in [1.165, 1.54) is 0 Å². The van der Waals surface area contributed by atoms with Crippen molar-refractivity contribution in [3.63, 3.8) is 0 Å². The molecule has 2 rings (SSSR count). The van der Waals surface area contributed by atoms with Crippen LogP contribution in [0.2, 0.25) is 0 Å². The molecule has 1 aromatic carbocycles. The van der Waals surface area contributed by atoms with E-state index in [-0.39, 0.29) is 0 Å². The Morgan fingerprint density at radius 3 is 2.58 bits per heavy atom. The molecule has 0 amide bonds. The van der Waals surface area contributed by atoms with Crippen LogP contribution in [0.1, 0.15) is 0 Å². The van der Waals surface area contributed by atoms with Gasteiger partial charge in [0.1, 0.15) is 6.23 Å². The molecule has 0 aromatic heterocycles. The van der Waals surface area contributed by atoms with E-state index in [9.17, 15) is 5.11 Å². The Balaban J connectivity index is 2.22. The van der Waals surface area contributed by atoms with Crippen molar-refractivity contribution in [2.75, 3.05) is 11.4 Å². The number of rotatable bonds is 1. The van der Waals surface area contributed by atoms with E-state index in [4.69, 9.17) is 0 Å². The van der Waals surface area contributed by atoms with E-state index >= 15 is 0 Å². The molecule has 0 spiro atoms. The van der Waals surface area contributed by atoms with Crippen LogP contribution in [0.3, 0.4) is 0 Å². The summed E-state index contributed by atoms with van der Waals surface area (Å²) < 4.78 is 0. The fourth-order valence-corrected chi connectivity index (χ4v) is 1.39. The van der Waals surface area contributed by atoms with Crippen molar-refractivity contribution in [3.05, 3.63) is 42.5 Å². The van der Waals surface area contributed by atoms with Crippen molar-refractivity contribution < 1.29 is 5.11 Å². The molecule has 2 heteroatoms. The predicted octanol–water partition coefficient (Wildman–Crippen LogP) is 1.38. The zero-order valence-corrected chi connectivity index (χ0v) is 6.72. The third-order valence-corrected chi connectivity index (χ3v) is 2.02. The molecule has 0 fully saturated rings. The smallest absolute Gasteiger partial charge is 0.146 e. The lowest BCUT2D eigenvalue weighted by Gasteiger charge is -2.22. The van der Waals surface area contributed by atoms with Gasteiger partial charge in [-0.25, -0.2) is 0 Å². The molecule has 0 bridgehead atoms. The van der Waals surface area contributed by atoms with Gasteiger partial charge in [-0.1, -0.05) is 24.3 Å². The number of nitrogens with zero attached hydrogens (tertiary/aromatic N) is 1. The molecule has 1 unspecified atom stereocenters. The van der Waals surface area contributed by atoms with Gasteiger partial charge in [-0.3, -0.25) is 0 Å². The summed E-state index contributed by atoms with van der Waals surface area (Å²) >= 11 is 0. The normalized spacial score (nSPS) is 21.8. The van der Waals surface area contributed by atoms with Crippen LogP contribution < -0.4 is 4.90 Å². The molecule has 0 saturated heterocycles. The van der Waals surface area contributed by atoms with Crippen molar-refractivity contribution in [3.8, 4) is 0 Å². The number of aliphatic hydroxyl groups is 1. The maximum absolute atomic E-state index is 9.48. The number of hydrogen-bond donors (Lipinski definition) is 1. The summed E-state index contributed by atoms with van der Waals surface area (Å²) in [6, 6.07) is 9.91. The Hall–Kier alpha value is -1.28. The molecule has 1 atom stereocenters. The van der Waals surface area contributed by atoms with E-state index in [1.54, 1.807) is 6.08 Å². The number of benzene rings is 1. The SMILES string of the molecule is OC1C=CCN1c1ccccc1. The monoisotopic (exact) mass is 161 g/mol. The molecule has 1 N–H and O–H groups in total. The summed E-state index contributed by atoms with van der Waals surface area (Å²) in [7, 11) is 0. The van der Waals surface area contributed by atoms with Gasteiger partial charge in [-0.05, 0) is 18.2 Å².